The molecule has 1 aromatic heterocycles. The van der Waals surface area contributed by atoms with Crippen LogP contribution >= 0.6 is 15.9 Å². The first-order valence-electron chi connectivity index (χ1n) is 4.55. The molecule has 0 aromatic carbocycles. The highest BCUT2D eigenvalue weighted by molar-refractivity contribution is 9.10. The summed E-state index contributed by atoms with van der Waals surface area (Å²) in [4.78, 5) is 35.7. The molecule has 0 spiro atoms. The highest BCUT2D eigenvalue weighted by atomic mass is 79.9. The van der Waals surface area contributed by atoms with Gasteiger partial charge in [-0.1, -0.05) is 6.92 Å². The Labute approximate surface area is 94.3 Å². The predicted octanol–water partition coefficient (Wildman–Crippen LogP) is 0.668. The number of nitrogens with zero attached hydrogens (tertiary/aromatic N) is 1. The van der Waals surface area contributed by atoms with Gasteiger partial charge >= 0.3 is 5.69 Å². The van der Waals surface area contributed by atoms with Crippen LogP contribution in [-0.4, -0.2) is 15.3 Å². The molecule has 0 fully saturated rings. The molecule has 0 radical (unpaired) electrons. The number of hydrogen-bond donors (Lipinski definition) is 1. The van der Waals surface area contributed by atoms with E-state index >= 15 is 0 Å². The fourth-order valence-corrected chi connectivity index (χ4v) is 1.49. The van der Waals surface area contributed by atoms with E-state index in [9.17, 15) is 14.4 Å². The largest absolute Gasteiger partial charge is 0.328 e. The zero-order valence-electron chi connectivity index (χ0n) is 8.25. The van der Waals surface area contributed by atoms with Crippen molar-refractivity contribution in [3.63, 3.8) is 0 Å². The third-order valence-corrected chi connectivity index (χ3v) is 2.41. The Balaban J connectivity index is 2.96. The number of H-pyrrole nitrogens is 1. The topological polar surface area (TPSA) is 71.9 Å². The van der Waals surface area contributed by atoms with Gasteiger partial charge < -0.3 is 0 Å². The zero-order valence-corrected chi connectivity index (χ0v) is 9.83. The number of carbonyl (C=O) groups excluding carboxylic acids is 1. The SMILES string of the molecule is CCCC(=O)Cn1cc(Br)c(=O)[nH]c1=O. The zero-order chi connectivity index (χ0) is 11.4. The second-order valence-corrected chi connectivity index (χ2v) is 4.01. The number of nitrogens with one attached hydrogen (secondary N) is 1. The maximum absolute atomic E-state index is 11.3. The van der Waals surface area contributed by atoms with Crippen LogP contribution < -0.4 is 11.2 Å². The monoisotopic (exact) mass is 274 g/mol. The van der Waals surface area contributed by atoms with Crippen molar-refractivity contribution in [2.24, 2.45) is 0 Å². The minimum absolute atomic E-state index is 0.00204. The normalized spacial score (nSPS) is 10.3. The maximum atomic E-state index is 11.3. The van der Waals surface area contributed by atoms with Gasteiger partial charge in [-0.15, -0.1) is 0 Å². The Morgan fingerprint density at radius 3 is 2.80 bits per heavy atom. The maximum Gasteiger partial charge on any atom is 0.328 e. The van der Waals surface area contributed by atoms with Gasteiger partial charge in [-0.3, -0.25) is 19.1 Å². The third-order valence-electron chi connectivity index (χ3n) is 1.84. The number of Topliss-reactive ketones (excluding diaryl/α,β-unsaturated/α-hetero) is 1. The molecule has 0 unspecified atom stereocenters. The molecular weight excluding hydrogens is 264 g/mol. The van der Waals surface area contributed by atoms with E-state index in [1.165, 1.54) is 10.8 Å². The van der Waals surface area contributed by atoms with Crippen molar-refractivity contribution in [1.29, 1.82) is 0 Å². The van der Waals surface area contributed by atoms with Gasteiger partial charge in [0.25, 0.3) is 5.56 Å². The highest BCUT2D eigenvalue weighted by Gasteiger charge is 2.06. The number of ketones is 1. The van der Waals surface area contributed by atoms with E-state index in [-0.39, 0.29) is 16.8 Å². The molecule has 1 aromatic rings. The number of hydrogen-bond acceptors (Lipinski definition) is 3. The van der Waals surface area contributed by atoms with E-state index in [4.69, 9.17) is 0 Å². The summed E-state index contributed by atoms with van der Waals surface area (Å²) in [5, 5.41) is 0. The smallest absolute Gasteiger partial charge is 0.298 e. The molecule has 15 heavy (non-hydrogen) atoms. The molecule has 82 valence electrons. The third kappa shape index (κ3) is 3.16. The van der Waals surface area contributed by atoms with E-state index in [0.717, 1.165) is 6.42 Å². The van der Waals surface area contributed by atoms with Gasteiger partial charge in [0, 0.05) is 12.6 Å². The van der Waals surface area contributed by atoms with Crippen LogP contribution in [0.25, 0.3) is 0 Å². The van der Waals surface area contributed by atoms with Gasteiger partial charge in [-0.2, -0.15) is 0 Å². The number of halogens is 1. The molecule has 0 amide bonds. The van der Waals surface area contributed by atoms with Crippen LogP contribution in [0, 0.1) is 0 Å². The molecule has 1 N–H and O–H groups in total. The van der Waals surface area contributed by atoms with E-state index in [1.54, 1.807) is 0 Å². The van der Waals surface area contributed by atoms with Gasteiger partial charge in [-0.05, 0) is 22.4 Å². The molecule has 6 heteroatoms. The number of aromatic amines is 1. The van der Waals surface area contributed by atoms with Crippen LogP contribution in [-0.2, 0) is 11.3 Å². The second kappa shape index (κ2) is 5.06. The second-order valence-electron chi connectivity index (χ2n) is 3.15. The average Bonchev–Trinajstić information content (AvgIpc) is 2.14. The van der Waals surface area contributed by atoms with E-state index in [1.807, 2.05) is 6.92 Å². The van der Waals surface area contributed by atoms with Gasteiger partial charge in [0.15, 0.2) is 5.78 Å². The van der Waals surface area contributed by atoms with Crippen LogP contribution in [0.5, 0.6) is 0 Å². The molecule has 0 atom stereocenters. The molecular formula is C9H11BrN2O3. The van der Waals surface area contributed by atoms with E-state index in [2.05, 4.69) is 20.9 Å². The summed E-state index contributed by atoms with van der Waals surface area (Å²) in [5.74, 6) is -0.0291. The van der Waals surface area contributed by atoms with Crippen molar-refractivity contribution in [2.45, 2.75) is 26.3 Å². The van der Waals surface area contributed by atoms with Crippen LogP contribution in [0.3, 0.4) is 0 Å². The molecule has 1 rings (SSSR count). The average molecular weight is 275 g/mol. The Morgan fingerprint density at radius 1 is 1.53 bits per heavy atom. The lowest BCUT2D eigenvalue weighted by Crippen LogP contribution is -2.31. The fraction of sp³-hybridized carbons (Fsp3) is 0.444. The van der Waals surface area contributed by atoms with Crippen molar-refractivity contribution in [3.05, 3.63) is 31.5 Å². The van der Waals surface area contributed by atoms with Crippen LogP contribution in [0.15, 0.2) is 20.3 Å². The first-order chi connectivity index (χ1) is 7.04. The van der Waals surface area contributed by atoms with Crippen molar-refractivity contribution in [2.75, 3.05) is 0 Å². The summed E-state index contributed by atoms with van der Waals surface area (Å²) in [6.07, 6.45) is 2.51. The van der Waals surface area contributed by atoms with Crippen molar-refractivity contribution in [3.8, 4) is 0 Å². The molecule has 0 aliphatic carbocycles. The van der Waals surface area contributed by atoms with E-state index < -0.39 is 11.2 Å². The Kier molecular flexibility index (Phi) is 4.02. The standard InChI is InChI=1S/C9H11BrN2O3/c1-2-3-6(13)4-12-5-7(10)8(14)11-9(12)15/h5H,2-4H2,1H3,(H,11,14,15). The Morgan fingerprint density at radius 2 is 2.20 bits per heavy atom. The first kappa shape index (κ1) is 11.9. The predicted molar refractivity (Wildman–Crippen MR) is 58.9 cm³/mol. The highest BCUT2D eigenvalue weighted by Crippen LogP contribution is 1.99. The Bertz CT molecular complexity index is 475. The van der Waals surface area contributed by atoms with Crippen molar-refractivity contribution in [1.82, 2.24) is 9.55 Å². The molecule has 0 saturated carbocycles. The number of carbonyl (C=O) groups is 1. The molecule has 1 heterocycles. The summed E-state index contributed by atoms with van der Waals surface area (Å²) in [6.45, 7) is 1.89. The minimum Gasteiger partial charge on any atom is -0.298 e. The van der Waals surface area contributed by atoms with Crippen molar-refractivity contribution >= 4 is 21.7 Å². The minimum atomic E-state index is -0.562. The molecule has 0 bridgehead atoms. The van der Waals surface area contributed by atoms with Crippen LogP contribution in [0.1, 0.15) is 19.8 Å². The lowest BCUT2D eigenvalue weighted by atomic mass is 10.2. The first-order valence-corrected chi connectivity index (χ1v) is 5.35. The number of aromatic nitrogens is 2. The van der Waals surface area contributed by atoms with Crippen LogP contribution in [0.4, 0.5) is 0 Å². The molecule has 0 aliphatic heterocycles. The van der Waals surface area contributed by atoms with Gasteiger partial charge in [0.1, 0.15) is 0 Å². The van der Waals surface area contributed by atoms with E-state index in [0.29, 0.717) is 6.42 Å². The Hall–Kier alpha value is -1.17. The number of rotatable bonds is 4. The molecule has 5 nitrogen and oxygen atoms in total. The summed E-state index contributed by atoms with van der Waals surface area (Å²) in [6, 6.07) is 0. The van der Waals surface area contributed by atoms with Crippen molar-refractivity contribution < 1.29 is 4.79 Å². The lowest BCUT2D eigenvalue weighted by molar-refractivity contribution is -0.119. The summed E-state index contributed by atoms with van der Waals surface area (Å²) >= 11 is 2.99. The van der Waals surface area contributed by atoms with Gasteiger partial charge in [0.2, 0.25) is 0 Å². The molecule has 0 saturated heterocycles. The summed E-state index contributed by atoms with van der Waals surface area (Å²) < 4.78 is 1.43. The summed E-state index contributed by atoms with van der Waals surface area (Å²) in [5.41, 5.74) is -1.05. The quantitative estimate of drug-likeness (QED) is 0.877. The summed E-state index contributed by atoms with van der Waals surface area (Å²) in [7, 11) is 0. The van der Waals surface area contributed by atoms with Gasteiger partial charge in [0.05, 0.1) is 11.0 Å². The molecule has 0 aliphatic rings. The lowest BCUT2D eigenvalue weighted by Gasteiger charge is -2.03. The van der Waals surface area contributed by atoms with Crippen LogP contribution in [0.2, 0.25) is 0 Å². The van der Waals surface area contributed by atoms with Gasteiger partial charge in [-0.25, -0.2) is 4.79 Å². The fourth-order valence-electron chi connectivity index (χ4n) is 1.15.